The predicted octanol–water partition coefficient (Wildman–Crippen LogP) is -1.83. The van der Waals surface area contributed by atoms with Gasteiger partial charge in [0, 0.05) is 34.6 Å². The maximum Gasteiger partial charge on any atom is 0.323 e. The van der Waals surface area contributed by atoms with Crippen LogP contribution in [0, 0.1) is 0 Å². The minimum Gasteiger partial charge on any atom is -0.481 e. The van der Waals surface area contributed by atoms with E-state index in [0.717, 1.165) is 41.7 Å². The van der Waals surface area contributed by atoms with E-state index in [0.29, 0.717) is 0 Å². The van der Waals surface area contributed by atoms with Gasteiger partial charge >= 0.3 is 29.8 Å². The molecule has 1 aliphatic heterocycles. The zero-order valence-electron chi connectivity index (χ0n) is 21.2. The van der Waals surface area contributed by atoms with E-state index in [1.54, 1.807) is 0 Å². The van der Waals surface area contributed by atoms with Gasteiger partial charge in [-0.05, 0) is 0 Å². The molecule has 1 rings (SSSR count). The third-order valence-corrected chi connectivity index (χ3v) is 4.20. The first-order valence-corrected chi connectivity index (χ1v) is 10.7. The number of methoxy groups -OCH3 is 1. The molecule has 1 saturated heterocycles. The number of carbonyl (C=O) groups is 7. The molecule has 1 heterocycles. The Balaban J connectivity index is 0.00000300. The van der Waals surface area contributed by atoms with Crippen LogP contribution in [0.4, 0.5) is 0 Å². The van der Waals surface area contributed by atoms with Gasteiger partial charge in [-0.25, -0.2) is 0 Å². The molecule has 0 bridgehead atoms. The Labute approximate surface area is 212 Å². The van der Waals surface area contributed by atoms with Crippen molar-refractivity contribution in [1.29, 1.82) is 0 Å². The molecule has 1 fully saturated rings. The van der Waals surface area contributed by atoms with Gasteiger partial charge in [-0.1, -0.05) is 0 Å². The number of nitrogens with two attached hydrogens (primary N) is 1. The summed E-state index contributed by atoms with van der Waals surface area (Å²) in [5.74, 6) is -5.59. The second-order valence-electron chi connectivity index (χ2n) is 7.54. The number of hydrogen-bond acceptors (Lipinski definition) is 14. The van der Waals surface area contributed by atoms with Crippen molar-refractivity contribution in [2.75, 3.05) is 13.7 Å². The van der Waals surface area contributed by atoms with Crippen LogP contribution in [0.5, 0.6) is 0 Å². The first-order valence-electron chi connectivity index (χ1n) is 10.7. The second-order valence-corrected chi connectivity index (χ2v) is 7.54. The number of hydrogen-bond donors (Lipinski definition) is 3. The maximum absolute atomic E-state index is 12.4. The highest BCUT2D eigenvalue weighted by atomic mass is 16.7. The standard InChI is InChI=1S/C19H28N2O12.C2H4O2/c1-8(22)29-7-13-15(30-9(2)23)16(31-10(3)24)17(32-11(4)25)18(33-13)21-14(26)6-12(20)19(27)28-5;1-2(3)4/h12-13,15-18H,6-7,20H2,1-5H3,(H,21,26);1H3,(H,3,4)/t12-,13+,15+,16-,17+,18-;/m0./s1. The van der Waals surface area contributed by atoms with Crippen LogP contribution in [0.1, 0.15) is 41.0 Å². The normalized spacial score (nSPS) is 23.1. The molecule has 16 heteroatoms. The lowest BCUT2D eigenvalue weighted by atomic mass is 9.97. The molecular formula is C21H32N2O14. The van der Waals surface area contributed by atoms with Crippen molar-refractivity contribution in [3.05, 3.63) is 0 Å². The molecule has 0 aromatic heterocycles. The first kappa shape index (κ1) is 33.2. The topological polar surface area (TPSA) is 233 Å². The number of carboxylic acids is 1. The molecule has 1 aliphatic rings. The van der Waals surface area contributed by atoms with Crippen LogP contribution in [0.2, 0.25) is 0 Å². The van der Waals surface area contributed by atoms with Gasteiger partial charge in [-0.15, -0.1) is 0 Å². The van der Waals surface area contributed by atoms with Crippen LogP contribution >= 0.6 is 0 Å². The van der Waals surface area contributed by atoms with Crippen LogP contribution in [-0.2, 0) is 62.0 Å². The van der Waals surface area contributed by atoms with Crippen LogP contribution < -0.4 is 11.1 Å². The maximum atomic E-state index is 12.4. The van der Waals surface area contributed by atoms with E-state index in [-0.39, 0.29) is 0 Å². The molecule has 0 unspecified atom stereocenters. The Hall–Kier alpha value is -3.79. The summed E-state index contributed by atoms with van der Waals surface area (Å²) in [6, 6.07) is -1.29. The SMILES string of the molecule is CC(=O)O.COC(=O)[C@@H](N)CC(=O)N[C@H]1O[C@H](COC(C)=O)[C@@H](OC(C)=O)[C@H](OC(C)=O)[C@H]1OC(C)=O. The zero-order chi connectivity index (χ0) is 28.9. The van der Waals surface area contributed by atoms with Gasteiger partial charge in [0.15, 0.2) is 24.5 Å². The number of amides is 1. The average Bonchev–Trinajstić information content (AvgIpc) is 2.74. The number of aliphatic carboxylic acids is 1. The molecule has 0 aliphatic carbocycles. The quantitative estimate of drug-likeness (QED) is 0.217. The lowest BCUT2D eigenvalue weighted by Crippen LogP contribution is -2.66. The third-order valence-electron chi connectivity index (χ3n) is 4.20. The summed E-state index contributed by atoms with van der Waals surface area (Å²) in [6.07, 6.45) is -7.47. The minimum atomic E-state index is -1.47. The fraction of sp³-hybridized carbons (Fsp3) is 0.667. The molecule has 0 radical (unpaired) electrons. The fourth-order valence-electron chi connectivity index (χ4n) is 3.00. The molecule has 6 atom stereocenters. The predicted molar refractivity (Wildman–Crippen MR) is 118 cm³/mol. The van der Waals surface area contributed by atoms with Crippen molar-refractivity contribution >= 4 is 41.7 Å². The number of carboxylic acid groups (broad SMARTS) is 1. The van der Waals surface area contributed by atoms with E-state index in [1.807, 2.05) is 0 Å². The number of carbonyl (C=O) groups excluding carboxylic acids is 6. The molecule has 4 N–H and O–H groups in total. The highest BCUT2D eigenvalue weighted by molar-refractivity contribution is 5.85. The molecule has 0 aromatic carbocycles. The smallest absolute Gasteiger partial charge is 0.323 e. The van der Waals surface area contributed by atoms with Gasteiger partial charge < -0.3 is 44.6 Å². The van der Waals surface area contributed by atoms with Crippen molar-refractivity contribution in [3.8, 4) is 0 Å². The van der Waals surface area contributed by atoms with Crippen molar-refractivity contribution in [2.24, 2.45) is 5.73 Å². The molecular weight excluding hydrogens is 504 g/mol. The van der Waals surface area contributed by atoms with E-state index in [2.05, 4.69) is 10.1 Å². The fourth-order valence-corrected chi connectivity index (χ4v) is 3.00. The molecule has 210 valence electrons. The summed E-state index contributed by atoms with van der Waals surface area (Å²) in [5, 5.41) is 9.80. The summed E-state index contributed by atoms with van der Waals surface area (Å²) in [6.45, 7) is 4.96. The Kier molecular flexibility index (Phi) is 14.4. The van der Waals surface area contributed by atoms with Crippen LogP contribution in [0.15, 0.2) is 0 Å². The van der Waals surface area contributed by atoms with E-state index >= 15 is 0 Å². The summed E-state index contributed by atoms with van der Waals surface area (Å²) in [7, 11) is 1.10. The van der Waals surface area contributed by atoms with E-state index in [9.17, 15) is 28.8 Å². The molecule has 37 heavy (non-hydrogen) atoms. The van der Waals surface area contributed by atoms with Gasteiger partial charge in [0.25, 0.3) is 5.97 Å². The Morgan fingerprint density at radius 1 is 0.838 bits per heavy atom. The summed E-state index contributed by atoms with van der Waals surface area (Å²) in [5.41, 5.74) is 5.58. The Morgan fingerprint density at radius 2 is 1.30 bits per heavy atom. The van der Waals surface area contributed by atoms with Crippen molar-refractivity contribution in [2.45, 2.75) is 77.7 Å². The third kappa shape index (κ3) is 13.2. The molecule has 1 amide bonds. The van der Waals surface area contributed by atoms with Gasteiger partial charge in [0.05, 0.1) is 13.5 Å². The lowest BCUT2D eigenvalue weighted by molar-refractivity contribution is -0.257. The largest absolute Gasteiger partial charge is 0.481 e. The molecule has 0 spiro atoms. The Morgan fingerprint density at radius 3 is 1.73 bits per heavy atom. The summed E-state index contributed by atoms with van der Waals surface area (Å²) < 4.78 is 30.7. The zero-order valence-corrected chi connectivity index (χ0v) is 21.2. The average molecular weight is 536 g/mol. The van der Waals surface area contributed by atoms with E-state index in [4.69, 9.17) is 39.3 Å². The van der Waals surface area contributed by atoms with Crippen molar-refractivity contribution < 1.29 is 67.1 Å². The van der Waals surface area contributed by atoms with Gasteiger partial charge in [0.1, 0.15) is 18.8 Å². The highest BCUT2D eigenvalue weighted by Crippen LogP contribution is 2.28. The van der Waals surface area contributed by atoms with Gasteiger partial charge in [-0.3, -0.25) is 33.6 Å². The number of nitrogens with one attached hydrogen (secondary N) is 1. The van der Waals surface area contributed by atoms with Crippen LogP contribution in [-0.4, -0.2) is 97.2 Å². The van der Waals surface area contributed by atoms with Gasteiger partial charge in [-0.2, -0.15) is 0 Å². The lowest BCUT2D eigenvalue weighted by Gasteiger charge is -2.44. The van der Waals surface area contributed by atoms with Crippen molar-refractivity contribution in [3.63, 3.8) is 0 Å². The van der Waals surface area contributed by atoms with E-state index in [1.165, 1.54) is 0 Å². The number of ether oxygens (including phenoxy) is 6. The number of rotatable bonds is 9. The van der Waals surface area contributed by atoms with Crippen LogP contribution in [0.25, 0.3) is 0 Å². The molecule has 16 nitrogen and oxygen atoms in total. The summed E-state index contributed by atoms with van der Waals surface area (Å²) >= 11 is 0. The van der Waals surface area contributed by atoms with Crippen LogP contribution in [0.3, 0.4) is 0 Å². The second kappa shape index (κ2) is 16.1. The highest BCUT2D eigenvalue weighted by Gasteiger charge is 2.52. The monoisotopic (exact) mass is 536 g/mol. The van der Waals surface area contributed by atoms with Crippen molar-refractivity contribution in [1.82, 2.24) is 5.32 Å². The molecule has 0 saturated carbocycles. The van der Waals surface area contributed by atoms with Gasteiger partial charge in [0.2, 0.25) is 5.91 Å². The molecule has 0 aromatic rings. The number of esters is 5. The van der Waals surface area contributed by atoms with E-state index < -0.39 is 91.4 Å². The first-order chi connectivity index (χ1) is 17.1. The summed E-state index contributed by atoms with van der Waals surface area (Å²) in [4.78, 5) is 79.3. The Bertz CT molecular complexity index is 856. The minimum absolute atomic E-state index is 0.452.